The first kappa shape index (κ1) is 20.3. The third-order valence-electron chi connectivity index (χ3n) is 5.27. The molecule has 3 unspecified atom stereocenters. The molecule has 1 aliphatic carbocycles. The molecular weight excluding hydrogens is 368 g/mol. The second-order valence-corrected chi connectivity index (χ2v) is 8.85. The molecule has 150 valence electrons. The van der Waals surface area contributed by atoms with Crippen LogP contribution in [0.3, 0.4) is 0 Å². The zero-order chi connectivity index (χ0) is 19.4. The van der Waals surface area contributed by atoms with E-state index in [0.717, 1.165) is 19.3 Å². The van der Waals surface area contributed by atoms with E-state index in [4.69, 9.17) is 9.47 Å². The van der Waals surface area contributed by atoms with Crippen molar-refractivity contribution < 1.29 is 22.7 Å². The number of ether oxygens (including phenoxy) is 2. The molecule has 1 amide bonds. The topological polar surface area (TPSA) is 84.9 Å². The molecule has 0 aromatic heterocycles. The van der Waals surface area contributed by atoms with Crippen LogP contribution >= 0.6 is 0 Å². The Morgan fingerprint density at radius 3 is 2.33 bits per heavy atom. The molecule has 1 saturated heterocycles. The predicted octanol–water partition coefficient (Wildman–Crippen LogP) is 1.78. The highest BCUT2D eigenvalue weighted by molar-refractivity contribution is 7.89. The SMILES string of the molecule is CCN(CC)S(=O)(=O)c1ccc(C(=O)NC2CCC3OCCOC3C2)cc1. The maximum Gasteiger partial charge on any atom is 0.251 e. The van der Waals surface area contributed by atoms with Crippen molar-refractivity contribution in [2.24, 2.45) is 0 Å². The Morgan fingerprint density at radius 2 is 1.70 bits per heavy atom. The lowest BCUT2D eigenvalue weighted by Gasteiger charge is -2.39. The highest BCUT2D eigenvalue weighted by atomic mass is 32.2. The number of rotatable bonds is 6. The Bertz CT molecular complexity index is 746. The zero-order valence-corrected chi connectivity index (χ0v) is 16.7. The predicted molar refractivity (Wildman–Crippen MR) is 101 cm³/mol. The molecule has 27 heavy (non-hydrogen) atoms. The van der Waals surface area contributed by atoms with Crippen molar-refractivity contribution >= 4 is 15.9 Å². The van der Waals surface area contributed by atoms with E-state index in [-0.39, 0.29) is 29.1 Å². The van der Waals surface area contributed by atoms with Crippen LogP contribution in [0.1, 0.15) is 43.5 Å². The zero-order valence-electron chi connectivity index (χ0n) is 15.9. The Morgan fingerprint density at radius 1 is 1.07 bits per heavy atom. The lowest BCUT2D eigenvalue weighted by atomic mass is 9.89. The van der Waals surface area contributed by atoms with Crippen molar-refractivity contribution in [3.05, 3.63) is 29.8 Å². The van der Waals surface area contributed by atoms with E-state index < -0.39 is 10.0 Å². The average molecular weight is 397 g/mol. The summed E-state index contributed by atoms with van der Waals surface area (Å²) in [6.45, 7) is 5.68. The van der Waals surface area contributed by atoms with Crippen molar-refractivity contribution in [3.63, 3.8) is 0 Å². The van der Waals surface area contributed by atoms with Gasteiger partial charge in [0.1, 0.15) is 0 Å². The van der Waals surface area contributed by atoms with Crippen LogP contribution in [0.25, 0.3) is 0 Å². The molecule has 1 saturated carbocycles. The maximum absolute atomic E-state index is 12.5. The van der Waals surface area contributed by atoms with Gasteiger partial charge >= 0.3 is 0 Å². The number of benzene rings is 1. The maximum atomic E-state index is 12.5. The molecule has 1 aromatic carbocycles. The molecule has 1 N–H and O–H groups in total. The van der Waals surface area contributed by atoms with E-state index in [2.05, 4.69) is 5.32 Å². The summed E-state index contributed by atoms with van der Waals surface area (Å²) in [6, 6.07) is 6.17. The molecule has 1 aromatic rings. The van der Waals surface area contributed by atoms with Crippen LogP contribution in [0.2, 0.25) is 0 Å². The minimum atomic E-state index is -3.51. The summed E-state index contributed by atoms with van der Waals surface area (Å²) in [5.41, 5.74) is 0.455. The third kappa shape index (κ3) is 4.51. The van der Waals surface area contributed by atoms with Gasteiger partial charge in [0.2, 0.25) is 10.0 Å². The molecule has 1 heterocycles. The molecule has 0 radical (unpaired) electrons. The van der Waals surface area contributed by atoms with Crippen molar-refractivity contribution in [3.8, 4) is 0 Å². The van der Waals surface area contributed by atoms with Gasteiger partial charge in [-0.15, -0.1) is 0 Å². The molecule has 0 spiro atoms. The van der Waals surface area contributed by atoms with Gasteiger partial charge in [-0.1, -0.05) is 13.8 Å². The minimum absolute atomic E-state index is 0.0411. The van der Waals surface area contributed by atoms with E-state index in [1.165, 1.54) is 16.4 Å². The monoisotopic (exact) mass is 396 g/mol. The number of sulfonamides is 1. The van der Waals surface area contributed by atoms with Gasteiger partial charge in [0, 0.05) is 24.7 Å². The largest absolute Gasteiger partial charge is 0.373 e. The Balaban J connectivity index is 1.62. The third-order valence-corrected chi connectivity index (χ3v) is 7.34. The van der Waals surface area contributed by atoms with Crippen LogP contribution < -0.4 is 5.32 Å². The van der Waals surface area contributed by atoms with E-state index in [9.17, 15) is 13.2 Å². The number of carbonyl (C=O) groups is 1. The van der Waals surface area contributed by atoms with E-state index in [0.29, 0.717) is 31.9 Å². The van der Waals surface area contributed by atoms with E-state index in [1.54, 1.807) is 26.0 Å². The lowest BCUT2D eigenvalue weighted by molar-refractivity contribution is -0.157. The normalized spacial score (nSPS) is 25.8. The number of amides is 1. The molecular formula is C19H28N2O5S. The molecule has 8 heteroatoms. The average Bonchev–Trinajstić information content (AvgIpc) is 2.68. The van der Waals surface area contributed by atoms with Crippen molar-refractivity contribution in [1.82, 2.24) is 9.62 Å². The lowest BCUT2D eigenvalue weighted by Crippen LogP contribution is -2.49. The summed E-state index contributed by atoms with van der Waals surface area (Å²) in [6.07, 6.45) is 2.64. The smallest absolute Gasteiger partial charge is 0.251 e. The summed E-state index contributed by atoms with van der Waals surface area (Å²) in [5.74, 6) is -0.193. The summed E-state index contributed by atoms with van der Waals surface area (Å²) in [5, 5.41) is 3.04. The summed E-state index contributed by atoms with van der Waals surface area (Å²) in [4.78, 5) is 12.7. The second kappa shape index (κ2) is 8.68. The van der Waals surface area contributed by atoms with Gasteiger partial charge in [0.15, 0.2) is 0 Å². The molecule has 7 nitrogen and oxygen atoms in total. The number of hydrogen-bond acceptors (Lipinski definition) is 5. The first-order valence-corrected chi connectivity index (χ1v) is 11.0. The van der Waals surface area contributed by atoms with Gasteiger partial charge < -0.3 is 14.8 Å². The van der Waals surface area contributed by atoms with E-state index >= 15 is 0 Å². The van der Waals surface area contributed by atoms with Crippen LogP contribution in [-0.4, -0.2) is 63.2 Å². The molecule has 3 atom stereocenters. The number of hydrogen-bond donors (Lipinski definition) is 1. The second-order valence-electron chi connectivity index (χ2n) is 6.92. The molecule has 1 aliphatic heterocycles. The van der Waals surface area contributed by atoms with Gasteiger partial charge in [0.05, 0.1) is 30.3 Å². The Labute approximate surface area is 161 Å². The molecule has 2 fully saturated rings. The quantitative estimate of drug-likeness (QED) is 0.792. The first-order valence-electron chi connectivity index (χ1n) is 9.60. The highest BCUT2D eigenvalue weighted by Crippen LogP contribution is 2.27. The van der Waals surface area contributed by atoms with Gasteiger partial charge in [-0.3, -0.25) is 4.79 Å². The molecule has 2 aliphatic rings. The van der Waals surface area contributed by atoms with Crippen molar-refractivity contribution in [1.29, 1.82) is 0 Å². The minimum Gasteiger partial charge on any atom is -0.373 e. The fourth-order valence-electron chi connectivity index (χ4n) is 3.76. The highest BCUT2D eigenvalue weighted by Gasteiger charge is 2.34. The van der Waals surface area contributed by atoms with Gasteiger partial charge in [-0.25, -0.2) is 8.42 Å². The number of fused-ring (bicyclic) bond motifs is 1. The van der Waals surface area contributed by atoms with Gasteiger partial charge in [0.25, 0.3) is 5.91 Å². The molecule has 0 bridgehead atoms. The number of carbonyl (C=O) groups excluding carboxylic acids is 1. The fraction of sp³-hybridized carbons (Fsp3) is 0.632. The Hall–Kier alpha value is -1.48. The van der Waals surface area contributed by atoms with Crippen LogP contribution in [0.5, 0.6) is 0 Å². The van der Waals surface area contributed by atoms with Crippen LogP contribution in [0, 0.1) is 0 Å². The Kier molecular flexibility index (Phi) is 6.52. The van der Waals surface area contributed by atoms with Crippen molar-refractivity contribution in [2.75, 3.05) is 26.3 Å². The van der Waals surface area contributed by atoms with Gasteiger partial charge in [-0.2, -0.15) is 4.31 Å². The van der Waals surface area contributed by atoms with Crippen LogP contribution in [0.4, 0.5) is 0 Å². The standard InChI is InChI=1S/C19H28N2O5S/c1-3-21(4-2)27(23,24)16-8-5-14(6-9-16)19(22)20-15-7-10-17-18(13-15)26-12-11-25-17/h5-6,8-9,15,17-18H,3-4,7,10-13H2,1-2H3,(H,20,22). The number of nitrogens with zero attached hydrogens (tertiary/aromatic N) is 1. The summed E-state index contributed by atoms with van der Waals surface area (Å²) < 4.78 is 37.9. The summed E-state index contributed by atoms with van der Waals surface area (Å²) >= 11 is 0. The van der Waals surface area contributed by atoms with Gasteiger partial charge in [-0.05, 0) is 43.5 Å². The van der Waals surface area contributed by atoms with E-state index in [1.807, 2.05) is 0 Å². The first-order chi connectivity index (χ1) is 13.0. The summed E-state index contributed by atoms with van der Waals surface area (Å²) in [7, 11) is -3.51. The fourth-order valence-corrected chi connectivity index (χ4v) is 5.22. The molecule has 3 rings (SSSR count). The van der Waals surface area contributed by atoms with Crippen LogP contribution in [0.15, 0.2) is 29.2 Å². The van der Waals surface area contributed by atoms with Crippen LogP contribution in [-0.2, 0) is 19.5 Å². The number of nitrogens with one attached hydrogen (secondary N) is 1. The van der Waals surface area contributed by atoms with Crippen molar-refractivity contribution in [2.45, 2.75) is 56.3 Å².